The molecule has 2 unspecified atom stereocenters. The average molecular weight is 327 g/mol. The summed E-state index contributed by atoms with van der Waals surface area (Å²) in [7, 11) is -0.345. The maximum atomic E-state index is 2.52. The minimum absolute atomic E-state index is 0.345. The highest BCUT2D eigenvalue weighted by atomic mass is 28.2. The Hall–Kier alpha value is -1.08. The van der Waals surface area contributed by atoms with Crippen LogP contribution in [0.4, 0.5) is 0 Å². The Labute approximate surface area is 145 Å². The number of unbranched alkanes of at least 4 members (excludes halogenated alkanes) is 2. The van der Waals surface area contributed by atoms with Crippen molar-refractivity contribution in [2.24, 2.45) is 11.8 Å². The monoisotopic (exact) mass is 326 g/mol. The lowest BCUT2D eigenvalue weighted by Crippen LogP contribution is -2.19. The molecule has 1 aliphatic rings. The summed E-state index contributed by atoms with van der Waals surface area (Å²) < 4.78 is 0. The second kappa shape index (κ2) is 8.68. The Bertz CT molecular complexity index is 559. The topological polar surface area (TPSA) is 0 Å². The third-order valence-corrected chi connectivity index (χ3v) is 7.08. The molecule has 0 spiro atoms. The second-order valence-electron chi connectivity index (χ2n) is 7.42. The van der Waals surface area contributed by atoms with Crippen molar-refractivity contribution >= 4 is 14.7 Å². The lowest BCUT2D eigenvalue weighted by atomic mass is 9.86. The molecule has 0 N–H and O–H groups in total. The molecule has 0 aliphatic heterocycles. The average Bonchev–Trinajstić information content (AvgIpc) is 2.88. The number of allylic oxidation sites excluding steroid dienone is 4. The van der Waals surface area contributed by atoms with Gasteiger partial charge in [0.1, 0.15) is 0 Å². The molecule has 0 fully saturated rings. The molecule has 0 radical (unpaired) electrons. The molecule has 0 aromatic heterocycles. The fourth-order valence-corrected chi connectivity index (χ4v) is 6.35. The highest BCUT2D eigenvalue weighted by molar-refractivity contribution is 6.62. The van der Waals surface area contributed by atoms with Crippen LogP contribution < -0.4 is 5.19 Å². The Morgan fingerprint density at radius 1 is 1.04 bits per heavy atom. The van der Waals surface area contributed by atoms with Crippen LogP contribution in [0, 0.1) is 25.7 Å². The van der Waals surface area contributed by atoms with Crippen molar-refractivity contribution in [3.05, 3.63) is 52.2 Å². The van der Waals surface area contributed by atoms with Crippen molar-refractivity contribution in [1.82, 2.24) is 0 Å². The SMILES string of the molecule is CCCCCC1C=CC([SiH2]c2cc(C)cc(C)c2)=C1C(C)CC. The first kappa shape index (κ1) is 18.3. The summed E-state index contributed by atoms with van der Waals surface area (Å²) in [4.78, 5) is 0. The summed E-state index contributed by atoms with van der Waals surface area (Å²) in [6, 6.07) is 7.12. The number of aryl methyl sites for hydroxylation is 2. The highest BCUT2D eigenvalue weighted by Gasteiger charge is 2.24. The van der Waals surface area contributed by atoms with E-state index in [1.165, 1.54) is 43.2 Å². The van der Waals surface area contributed by atoms with Gasteiger partial charge in [0.25, 0.3) is 0 Å². The first-order valence-electron chi connectivity index (χ1n) is 9.53. The molecule has 2 rings (SSSR count). The van der Waals surface area contributed by atoms with Gasteiger partial charge < -0.3 is 0 Å². The third kappa shape index (κ3) is 4.94. The van der Waals surface area contributed by atoms with Gasteiger partial charge in [0, 0.05) is 0 Å². The van der Waals surface area contributed by atoms with Gasteiger partial charge in [-0.2, -0.15) is 0 Å². The molecule has 0 nitrogen and oxygen atoms in total. The lowest BCUT2D eigenvalue weighted by molar-refractivity contribution is 0.526. The summed E-state index contributed by atoms with van der Waals surface area (Å²) >= 11 is 0. The smallest absolute Gasteiger partial charge is 0.0775 e. The molecule has 1 heteroatoms. The molecule has 0 heterocycles. The van der Waals surface area contributed by atoms with E-state index in [2.05, 4.69) is 65.0 Å². The van der Waals surface area contributed by atoms with E-state index in [-0.39, 0.29) is 9.52 Å². The molecular formula is C22H34Si. The van der Waals surface area contributed by atoms with E-state index < -0.39 is 0 Å². The van der Waals surface area contributed by atoms with Crippen LogP contribution in [0.5, 0.6) is 0 Å². The molecule has 1 aromatic carbocycles. The van der Waals surface area contributed by atoms with E-state index in [4.69, 9.17) is 0 Å². The maximum Gasteiger partial charge on any atom is 0.0875 e. The Kier molecular flexibility index (Phi) is 6.89. The van der Waals surface area contributed by atoms with Gasteiger partial charge in [-0.1, -0.05) is 97.5 Å². The molecule has 126 valence electrons. The molecule has 2 atom stereocenters. The van der Waals surface area contributed by atoms with E-state index >= 15 is 0 Å². The fourth-order valence-electron chi connectivity index (χ4n) is 3.99. The standard InChI is InChI=1S/C22H34Si/c1-6-8-9-10-19-11-12-21(22(19)18(5)7-2)23-20-14-16(3)13-17(4)15-20/h11-15,18-19H,6-10,23H2,1-5H3. The zero-order valence-electron chi connectivity index (χ0n) is 15.8. The van der Waals surface area contributed by atoms with Gasteiger partial charge in [-0.25, -0.2) is 0 Å². The maximum absolute atomic E-state index is 2.52. The Morgan fingerprint density at radius 3 is 2.35 bits per heavy atom. The van der Waals surface area contributed by atoms with Crippen LogP contribution >= 0.6 is 0 Å². The molecule has 0 bridgehead atoms. The van der Waals surface area contributed by atoms with Crippen molar-refractivity contribution in [3.63, 3.8) is 0 Å². The zero-order valence-corrected chi connectivity index (χ0v) is 17.2. The second-order valence-corrected chi connectivity index (χ2v) is 9.36. The Morgan fingerprint density at radius 2 is 1.74 bits per heavy atom. The van der Waals surface area contributed by atoms with Crippen molar-refractivity contribution < 1.29 is 0 Å². The van der Waals surface area contributed by atoms with Crippen LogP contribution in [0.15, 0.2) is 41.1 Å². The third-order valence-electron chi connectivity index (χ3n) is 5.24. The molecule has 1 aromatic rings. The van der Waals surface area contributed by atoms with Gasteiger partial charge in [0.2, 0.25) is 0 Å². The van der Waals surface area contributed by atoms with E-state index in [1.54, 1.807) is 16.0 Å². The van der Waals surface area contributed by atoms with Crippen molar-refractivity contribution in [2.75, 3.05) is 0 Å². The predicted molar refractivity (Wildman–Crippen MR) is 107 cm³/mol. The largest absolute Gasteiger partial charge is 0.0875 e. The quantitative estimate of drug-likeness (QED) is 0.457. The number of rotatable bonds is 8. The van der Waals surface area contributed by atoms with E-state index in [0.717, 1.165) is 11.8 Å². The van der Waals surface area contributed by atoms with Gasteiger partial charge in [-0.15, -0.1) is 0 Å². The molecule has 23 heavy (non-hydrogen) atoms. The molecule has 1 aliphatic carbocycles. The summed E-state index contributed by atoms with van der Waals surface area (Å²) in [6.07, 6.45) is 11.7. The van der Waals surface area contributed by atoms with E-state index in [9.17, 15) is 0 Å². The summed E-state index contributed by atoms with van der Waals surface area (Å²) in [6.45, 7) is 11.5. The van der Waals surface area contributed by atoms with Gasteiger partial charge in [-0.05, 0) is 38.5 Å². The number of hydrogen-bond donors (Lipinski definition) is 0. The van der Waals surface area contributed by atoms with Gasteiger partial charge in [0.05, 0.1) is 9.52 Å². The molecule has 0 saturated carbocycles. The predicted octanol–water partition coefficient (Wildman–Crippen LogP) is 5.16. The van der Waals surface area contributed by atoms with Gasteiger partial charge in [0.15, 0.2) is 0 Å². The van der Waals surface area contributed by atoms with E-state index in [1.807, 2.05) is 0 Å². The van der Waals surface area contributed by atoms with Gasteiger partial charge >= 0.3 is 0 Å². The van der Waals surface area contributed by atoms with E-state index in [0.29, 0.717) is 0 Å². The van der Waals surface area contributed by atoms with Gasteiger partial charge in [-0.3, -0.25) is 0 Å². The molecule has 0 saturated heterocycles. The van der Waals surface area contributed by atoms with Crippen LogP contribution in [0.3, 0.4) is 0 Å². The van der Waals surface area contributed by atoms with Crippen LogP contribution in [0.2, 0.25) is 0 Å². The summed E-state index contributed by atoms with van der Waals surface area (Å²) in [5.74, 6) is 1.47. The minimum atomic E-state index is -0.345. The van der Waals surface area contributed by atoms with Crippen LogP contribution in [-0.4, -0.2) is 9.52 Å². The molecular weight excluding hydrogens is 292 g/mol. The number of hydrogen-bond acceptors (Lipinski definition) is 0. The van der Waals surface area contributed by atoms with Crippen molar-refractivity contribution in [1.29, 1.82) is 0 Å². The van der Waals surface area contributed by atoms with Crippen molar-refractivity contribution in [3.8, 4) is 0 Å². The minimum Gasteiger partial charge on any atom is -0.0775 e. The highest BCUT2D eigenvalue weighted by Crippen LogP contribution is 2.35. The normalized spacial score (nSPS) is 19.3. The first-order valence-corrected chi connectivity index (χ1v) is 10.9. The first-order chi connectivity index (χ1) is 11.0. The zero-order chi connectivity index (χ0) is 16.8. The molecule has 0 amide bonds. The Balaban J connectivity index is 2.21. The van der Waals surface area contributed by atoms with Crippen LogP contribution in [0.25, 0.3) is 0 Å². The fraction of sp³-hybridized carbons (Fsp3) is 0.545. The van der Waals surface area contributed by atoms with Crippen molar-refractivity contribution in [2.45, 2.75) is 66.7 Å². The summed E-state index contributed by atoms with van der Waals surface area (Å²) in [5.41, 5.74) is 4.62. The van der Waals surface area contributed by atoms with Crippen LogP contribution in [0.1, 0.15) is 64.0 Å². The number of benzene rings is 1. The lowest BCUT2D eigenvalue weighted by Gasteiger charge is -2.21. The van der Waals surface area contributed by atoms with Crippen LogP contribution in [-0.2, 0) is 0 Å². The summed E-state index contributed by atoms with van der Waals surface area (Å²) in [5, 5.41) is 3.34.